The molecule has 0 aliphatic carbocycles. The summed E-state index contributed by atoms with van der Waals surface area (Å²) < 4.78 is 26.4. The number of carbonyl (C=O) groups is 3. The first kappa shape index (κ1) is 46.5. The van der Waals surface area contributed by atoms with E-state index in [9.17, 15) is 39.9 Å². The lowest BCUT2D eigenvalue weighted by Crippen LogP contribution is -2.46. The van der Waals surface area contributed by atoms with Crippen molar-refractivity contribution in [1.82, 2.24) is 4.57 Å². The van der Waals surface area contributed by atoms with Gasteiger partial charge in [-0.1, -0.05) is 69.4 Å². The van der Waals surface area contributed by atoms with Crippen LogP contribution in [0.1, 0.15) is 70.0 Å². The van der Waals surface area contributed by atoms with E-state index in [1.54, 1.807) is 39.8 Å². The van der Waals surface area contributed by atoms with E-state index >= 15 is 0 Å². The number of anilines is 1. The standard InChI is InChI=1S/C46H54N4O12S/c1-21-14-13-15-22(2)44(58)48-35-28(20-47-49-45-50(9)29-16-11-12-17-31(29)63-45)39(55)32-33(40(35)56)38(54)26(6)42-34(32)43(57)46(8,62-42)60-19-18-30(59-10)23(3)41(61-27(7)51)25(5)37(53)24(4)36(21)52/h11-21,23-25,30,36-37,41,52-56H,1-10H3,(H,48,58)/b14-13+,19-18+,22-15+,47-20-,49-45-. The fraction of sp³-hybridized carbons (Fsp3) is 0.413. The minimum atomic E-state index is -2.08. The maximum absolute atomic E-state index is 14.5. The van der Waals surface area contributed by atoms with E-state index in [4.69, 9.17) is 18.9 Å². The second-order valence-electron chi connectivity index (χ2n) is 16.4. The van der Waals surface area contributed by atoms with Crippen molar-refractivity contribution in [2.75, 3.05) is 12.4 Å². The van der Waals surface area contributed by atoms with Crippen molar-refractivity contribution in [3.8, 4) is 23.0 Å². The number of benzene rings is 3. The molecule has 5 bridgehead atoms. The number of Topliss-reactive ketones (excluding diaryl/α,β-unsaturated/α-hetero) is 1. The van der Waals surface area contributed by atoms with Crippen LogP contribution in [0.15, 0.2) is 70.6 Å². The number of aromatic hydroxyl groups is 3. The number of aromatic nitrogens is 1. The van der Waals surface area contributed by atoms with Gasteiger partial charge in [0.05, 0.1) is 63.2 Å². The Morgan fingerprint density at radius 3 is 2.33 bits per heavy atom. The molecule has 1 amide bonds. The highest BCUT2D eigenvalue weighted by Gasteiger charge is 2.50. The van der Waals surface area contributed by atoms with Crippen molar-refractivity contribution in [3.05, 3.63) is 81.9 Å². The van der Waals surface area contributed by atoms with Crippen molar-refractivity contribution >= 4 is 61.9 Å². The summed E-state index contributed by atoms with van der Waals surface area (Å²) in [7, 11) is 3.24. The number of carbonyl (C=O) groups excluding carboxylic acids is 3. The van der Waals surface area contributed by atoms with Gasteiger partial charge in [-0.2, -0.15) is 5.10 Å². The molecular weight excluding hydrogens is 833 g/mol. The number of para-hydroxylation sites is 1. The predicted molar refractivity (Wildman–Crippen MR) is 238 cm³/mol. The molecule has 0 saturated carbocycles. The van der Waals surface area contributed by atoms with Gasteiger partial charge in [0, 0.05) is 68.2 Å². The number of rotatable bonds is 4. The Bertz CT molecular complexity index is 2660. The van der Waals surface area contributed by atoms with Crippen LogP contribution in [0.2, 0.25) is 0 Å². The van der Waals surface area contributed by atoms with E-state index in [-0.39, 0.29) is 44.5 Å². The van der Waals surface area contributed by atoms with E-state index in [0.717, 1.165) is 16.4 Å². The second-order valence-corrected chi connectivity index (χ2v) is 17.4. The summed E-state index contributed by atoms with van der Waals surface area (Å²) in [5, 5.41) is 69.3. The molecule has 9 unspecified atom stereocenters. The van der Waals surface area contributed by atoms with Crippen LogP contribution in [0.4, 0.5) is 5.69 Å². The van der Waals surface area contributed by atoms with Gasteiger partial charge in [-0.05, 0) is 32.1 Å². The highest BCUT2D eigenvalue weighted by Crippen LogP contribution is 2.55. The van der Waals surface area contributed by atoms with Gasteiger partial charge in [-0.15, -0.1) is 5.10 Å². The number of thiazole rings is 1. The number of phenolic OH excluding ortho intramolecular Hbond substituents is 3. The predicted octanol–water partition coefficient (Wildman–Crippen LogP) is 6.24. The summed E-state index contributed by atoms with van der Waals surface area (Å²) in [6.45, 7) is 12.4. The zero-order valence-electron chi connectivity index (χ0n) is 36.7. The lowest BCUT2D eigenvalue weighted by molar-refractivity contribution is -0.160. The van der Waals surface area contributed by atoms with Crippen molar-refractivity contribution in [2.24, 2.45) is 40.9 Å². The Labute approximate surface area is 368 Å². The number of aryl methyl sites for hydroxylation is 1. The van der Waals surface area contributed by atoms with Crippen molar-refractivity contribution in [3.63, 3.8) is 0 Å². The van der Waals surface area contributed by atoms with Crippen molar-refractivity contribution < 1.29 is 58.9 Å². The molecule has 9 atom stereocenters. The average molecular weight is 887 g/mol. The molecule has 3 aliphatic heterocycles. The summed E-state index contributed by atoms with van der Waals surface area (Å²) >= 11 is 1.36. The van der Waals surface area contributed by atoms with Crippen LogP contribution < -0.4 is 14.9 Å². The highest BCUT2D eigenvalue weighted by atomic mass is 32.1. The van der Waals surface area contributed by atoms with Crippen LogP contribution in [0.25, 0.3) is 21.0 Å². The van der Waals surface area contributed by atoms with Crippen LogP contribution >= 0.6 is 11.3 Å². The maximum Gasteiger partial charge on any atom is 0.312 e. The monoisotopic (exact) mass is 886 g/mol. The number of ether oxygens (including phenoxy) is 4. The molecule has 0 spiro atoms. The second kappa shape index (κ2) is 18.4. The molecule has 3 aromatic carbocycles. The molecule has 0 saturated heterocycles. The lowest BCUT2D eigenvalue weighted by atomic mass is 9.78. The smallest absolute Gasteiger partial charge is 0.312 e. The highest BCUT2D eigenvalue weighted by molar-refractivity contribution is 7.16. The van der Waals surface area contributed by atoms with Crippen LogP contribution in [-0.4, -0.2) is 91.3 Å². The third kappa shape index (κ3) is 8.70. The van der Waals surface area contributed by atoms with Gasteiger partial charge < -0.3 is 54.4 Å². The molecular formula is C46H54N4O12S. The quantitative estimate of drug-likeness (QED) is 0.0440. The van der Waals surface area contributed by atoms with Crippen molar-refractivity contribution in [2.45, 2.75) is 85.6 Å². The lowest BCUT2D eigenvalue weighted by Gasteiger charge is -2.38. The number of ketones is 1. The fourth-order valence-corrected chi connectivity index (χ4v) is 9.16. The number of fused-ring (bicyclic) bond motifs is 15. The van der Waals surface area contributed by atoms with Crippen LogP contribution in [-0.2, 0) is 30.8 Å². The molecule has 16 nitrogen and oxygen atoms in total. The SMILES string of the molecule is COC1/C=C/OC2(C)Oc3c(C)c(O)c4c(O)c(c(/C=N\N=c5/sc6ccccc6n5C)c(O)c4c3C2=O)NC(=O)/C(C)=C/C=C/C(C)C(O)C(C)C(O)C(C)C(OC(C)=O)C1C. The zero-order chi connectivity index (χ0) is 46.2. The summed E-state index contributed by atoms with van der Waals surface area (Å²) in [5.41, 5.74) is 0.257. The molecule has 3 aliphatic rings. The Hall–Kier alpha value is -6.01. The zero-order valence-corrected chi connectivity index (χ0v) is 37.6. The number of hydrogen-bond donors (Lipinski definition) is 6. The number of aliphatic hydroxyl groups excluding tert-OH is 2. The molecule has 4 aromatic rings. The molecule has 7 rings (SSSR count). The van der Waals surface area contributed by atoms with Gasteiger partial charge in [0.2, 0.25) is 4.80 Å². The van der Waals surface area contributed by atoms with Crippen LogP contribution in [0.3, 0.4) is 0 Å². The molecule has 0 fully saturated rings. The van der Waals surface area contributed by atoms with Gasteiger partial charge in [0.1, 0.15) is 23.4 Å². The van der Waals surface area contributed by atoms with E-state index in [2.05, 4.69) is 15.5 Å². The first-order valence-electron chi connectivity index (χ1n) is 20.4. The Balaban J connectivity index is 1.55. The summed E-state index contributed by atoms with van der Waals surface area (Å²) in [6.07, 6.45) is 4.55. The molecule has 63 heavy (non-hydrogen) atoms. The summed E-state index contributed by atoms with van der Waals surface area (Å²) in [6, 6.07) is 7.64. The van der Waals surface area contributed by atoms with Crippen LogP contribution in [0, 0.1) is 30.6 Å². The number of phenols is 3. The number of esters is 1. The number of hydrogen-bond acceptors (Lipinski definition) is 15. The Morgan fingerprint density at radius 2 is 1.67 bits per heavy atom. The van der Waals surface area contributed by atoms with Gasteiger partial charge in [-0.25, -0.2) is 0 Å². The number of aliphatic hydroxyl groups is 2. The molecule has 4 heterocycles. The van der Waals surface area contributed by atoms with Gasteiger partial charge in [0.25, 0.3) is 11.7 Å². The van der Waals surface area contributed by atoms with E-state index in [1.807, 2.05) is 35.9 Å². The van der Waals surface area contributed by atoms with Gasteiger partial charge in [-0.3, -0.25) is 14.4 Å². The normalized spacial score (nSPS) is 29.4. The first-order chi connectivity index (χ1) is 29.7. The number of amides is 1. The van der Waals surface area contributed by atoms with Crippen molar-refractivity contribution in [1.29, 1.82) is 0 Å². The number of methoxy groups -OCH3 is 1. The summed E-state index contributed by atoms with van der Waals surface area (Å²) in [4.78, 5) is 41.2. The van der Waals surface area contributed by atoms with E-state index in [0.29, 0.717) is 4.80 Å². The third-order valence-corrected chi connectivity index (χ3v) is 13.2. The molecule has 6 N–H and O–H groups in total. The molecule has 336 valence electrons. The van der Waals surface area contributed by atoms with E-state index < -0.39 is 88.8 Å². The fourth-order valence-electron chi connectivity index (χ4n) is 8.19. The molecule has 17 heteroatoms. The van der Waals surface area contributed by atoms with E-state index in [1.165, 1.54) is 64.6 Å². The Kier molecular flexibility index (Phi) is 13.6. The number of nitrogens with zero attached hydrogens (tertiary/aromatic N) is 3. The molecule has 1 aromatic heterocycles. The minimum absolute atomic E-state index is 0.0280. The Morgan fingerprint density at radius 1 is 0.968 bits per heavy atom. The first-order valence-corrected chi connectivity index (χ1v) is 21.2. The van der Waals surface area contributed by atoms with Crippen LogP contribution in [0.5, 0.6) is 23.0 Å². The average Bonchev–Trinajstić information content (AvgIpc) is 3.71. The topological polar surface area (TPSA) is 231 Å². The number of allylic oxidation sites excluding steroid dienone is 2. The molecule has 0 radical (unpaired) electrons. The maximum atomic E-state index is 14.5. The largest absolute Gasteiger partial charge is 0.507 e. The number of nitrogens with one attached hydrogen (secondary N) is 1. The third-order valence-electron chi connectivity index (χ3n) is 12.1. The van der Waals surface area contributed by atoms with Gasteiger partial charge >= 0.3 is 11.8 Å². The van der Waals surface area contributed by atoms with Gasteiger partial charge in [0.15, 0.2) is 5.75 Å². The minimum Gasteiger partial charge on any atom is -0.507 e. The summed E-state index contributed by atoms with van der Waals surface area (Å²) in [5.74, 6) is -8.73.